The topological polar surface area (TPSA) is 72.8 Å². The minimum absolute atomic E-state index is 0.393. The SMILES string of the molecule is CCCCCCCOc1ccc(C(=O)Oc2ccc(/C=C/C(=O)O)cc2)cc1. The molecule has 1 N–H and O–H groups in total. The van der Waals surface area contributed by atoms with Gasteiger partial charge < -0.3 is 14.6 Å². The zero-order valence-electron chi connectivity index (χ0n) is 16.1. The van der Waals surface area contributed by atoms with Gasteiger partial charge in [-0.3, -0.25) is 0 Å². The van der Waals surface area contributed by atoms with Gasteiger partial charge in [0.2, 0.25) is 0 Å². The second kappa shape index (κ2) is 11.6. The van der Waals surface area contributed by atoms with Gasteiger partial charge in [-0.15, -0.1) is 0 Å². The lowest BCUT2D eigenvalue weighted by Crippen LogP contribution is -2.08. The molecule has 0 aliphatic heterocycles. The van der Waals surface area contributed by atoms with Gasteiger partial charge in [0.15, 0.2) is 0 Å². The average molecular weight is 382 g/mol. The van der Waals surface area contributed by atoms with Crippen LogP contribution in [0.25, 0.3) is 6.08 Å². The molecule has 148 valence electrons. The van der Waals surface area contributed by atoms with Crippen molar-refractivity contribution in [2.24, 2.45) is 0 Å². The molecule has 2 aromatic carbocycles. The molecular formula is C23H26O5. The summed E-state index contributed by atoms with van der Waals surface area (Å²) in [4.78, 5) is 22.7. The van der Waals surface area contributed by atoms with E-state index in [4.69, 9.17) is 14.6 Å². The fourth-order valence-corrected chi connectivity index (χ4v) is 2.56. The molecule has 0 aromatic heterocycles. The number of rotatable bonds is 11. The van der Waals surface area contributed by atoms with Gasteiger partial charge in [0.05, 0.1) is 12.2 Å². The largest absolute Gasteiger partial charge is 0.494 e. The number of unbranched alkanes of at least 4 members (excludes halogenated alkanes) is 4. The summed E-state index contributed by atoms with van der Waals surface area (Å²) in [6, 6.07) is 13.5. The second-order valence-electron chi connectivity index (χ2n) is 6.42. The minimum atomic E-state index is -1.01. The maximum Gasteiger partial charge on any atom is 0.343 e. The molecule has 0 radical (unpaired) electrons. The molecular weight excluding hydrogens is 356 g/mol. The Bertz CT molecular complexity index is 776. The van der Waals surface area contributed by atoms with E-state index in [0.29, 0.717) is 23.5 Å². The van der Waals surface area contributed by atoms with Crippen molar-refractivity contribution in [2.45, 2.75) is 39.0 Å². The molecule has 0 bridgehead atoms. The minimum Gasteiger partial charge on any atom is -0.494 e. The van der Waals surface area contributed by atoms with E-state index in [0.717, 1.165) is 18.2 Å². The lowest BCUT2D eigenvalue weighted by Gasteiger charge is -2.08. The van der Waals surface area contributed by atoms with Gasteiger partial charge in [-0.05, 0) is 54.5 Å². The third-order valence-electron chi connectivity index (χ3n) is 4.12. The summed E-state index contributed by atoms with van der Waals surface area (Å²) in [5.74, 6) is -0.342. The molecule has 5 heteroatoms. The monoisotopic (exact) mass is 382 g/mol. The molecule has 0 fully saturated rings. The van der Waals surface area contributed by atoms with E-state index in [9.17, 15) is 9.59 Å². The number of carboxylic acids is 1. The first-order valence-electron chi connectivity index (χ1n) is 9.54. The molecule has 5 nitrogen and oxygen atoms in total. The molecule has 28 heavy (non-hydrogen) atoms. The van der Waals surface area contributed by atoms with Crippen molar-refractivity contribution in [3.63, 3.8) is 0 Å². The van der Waals surface area contributed by atoms with Gasteiger partial charge in [-0.1, -0.05) is 44.7 Å². The van der Waals surface area contributed by atoms with Gasteiger partial charge in [-0.2, -0.15) is 0 Å². The normalized spacial score (nSPS) is 10.8. The maximum atomic E-state index is 12.2. The van der Waals surface area contributed by atoms with Crippen molar-refractivity contribution < 1.29 is 24.2 Å². The van der Waals surface area contributed by atoms with Crippen LogP contribution in [-0.2, 0) is 4.79 Å². The lowest BCUT2D eigenvalue weighted by atomic mass is 10.2. The van der Waals surface area contributed by atoms with Crippen LogP contribution in [-0.4, -0.2) is 23.7 Å². The van der Waals surface area contributed by atoms with Crippen LogP contribution in [0.2, 0.25) is 0 Å². The Morgan fingerprint density at radius 2 is 1.54 bits per heavy atom. The molecule has 0 spiro atoms. The fourth-order valence-electron chi connectivity index (χ4n) is 2.56. The van der Waals surface area contributed by atoms with E-state index in [-0.39, 0.29) is 0 Å². The quantitative estimate of drug-likeness (QED) is 0.245. The van der Waals surface area contributed by atoms with Gasteiger partial charge in [0, 0.05) is 6.08 Å². The molecule has 0 amide bonds. The van der Waals surface area contributed by atoms with E-state index >= 15 is 0 Å². The summed E-state index contributed by atoms with van der Waals surface area (Å²) >= 11 is 0. The van der Waals surface area contributed by atoms with Gasteiger partial charge in [0.1, 0.15) is 11.5 Å². The lowest BCUT2D eigenvalue weighted by molar-refractivity contribution is -0.131. The van der Waals surface area contributed by atoms with Crippen molar-refractivity contribution in [3.05, 3.63) is 65.7 Å². The van der Waals surface area contributed by atoms with E-state index in [1.54, 1.807) is 48.5 Å². The summed E-state index contributed by atoms with van der Waals surface area (Å²) in [6.07, 6.45) is 8.45. The van der Waals surface area contributed by atoms with Gasteiger partial charge >= 0.3 is 11.9 Å². The number of carbonyl (C=O) groups excluding carboxylic acids is 1. The highest BCUT2D eigenvalue weighted by molar-refractivity contribution is 5.91. The number of ether oxygens (including phenoxy) is 2. The highest BCUT2D eigenvalue weighted by Gasteiger charge is 2.09. The van der Waals surface area contributed by atoms with Crippen molar-refractivity contribution in [3.8, 4) is 11.5 Å². The van der Waals surface area contributed by atoms with E-state index < -0.39 is 11.9 Å². The van der Waals surface area contributed by atoms with Crippen molar-refractivity contribution in [1.29, 1.82) is 0 Å². The first-order valence-corrected chi connectivity index (χ1v) is 9.54. The zero-order chi connectivity index (χ0) is 20.2. The third kappa shape index (κ3) is 7.66. The molecule has 2 aromatic rings. The number of aliphatic carboxylic acids is 1. The highest BCUT2D eigenvalue weighted by Crippen LogP contribution is 2.17. The van der Waals surface area contributed by atoms with Crippen LogP contribution in [0.5, 0.6) is 11.5 Å². The average Bonchev–Trinajstić information content (AvgIpc) is 2.70. The Morgan fingerprint density at radius 1 is 0.893 bits per heavy atom. The van der Waals surface area contributed by atoms with E-state index in [2.05, 4.69) is 6.92 Å². The smallest absolute Gasteiger partial charge is 0.343 e. The maximum absolute atomic E-state index is 12.2. The third-order valence-corrected chi connectivity index (χ3v) is 4.12. The van der Waals surface area contributed by atoms with Crippen LogP contribution < -0.4 is 9.47 Å². The first kappa shape index (κ1) is 21.2. The number of benzene rings is 2. The molecule has 0 saturated carbocycles. The van der Waals surface area contributed by atoms with Crippen LogP contribution >= 0.6 is 0 Å². The summed E-state index contributed by atoms with van der Waals surface area (Å²) in [7, 11) is 0. The Kier molecular flexibility index (Phi) is 8.79. The second-order valence-corrected chi connectivity index (χ2v) is 6.42. The fraction of sp³-hybridized carbons (Fsp3) is 0.304. The zero-order valence-corrected chi connectivity index (χ0v) is 16.1. The van der Waals surface area contributed by atoms with Crippen LogP contribution in [0.1, 0.15) is 54.9 Å². The predicted octanol–water partition coefficient (Wildman–Crippen LogP) is 5.35. The Morgan fingerprint density at radius 3 is 2.18 bits per heavy atom. The Labute approximate surface area is 165 Å². The van der Waals surface area contributed by atoms with Crippen LogP contribution in [0.15, 0.2) is 54.6 Å². The van der Waals surface area contributed by atoms with E-state index in [1.165, 1.54) is 31.8 Å². The standard InChI is InChI=1S/C23H26O5/c1-2-3-4-5-6-17-27-20-14-10-19(11-15-20)23(26)28-21-12-7-18(8-13-21)9-16-22(24)25/h7-16H,2-6,17H2,1H3,(H,24,25)/b16-9+. The van der Waals surface area contributed by atoms with Crippen LogP contribution in [0.3, 0.4) is 0 Å². The summed E-state index contributed by atoms with van der Waals surface area (Å²) < 4.78 is 11.0. The molecule has 0 aliphatic carbocycles. The van der Waals surface area contributed by atoms with Crippen LogP contribution in [0, 0.1) is 0 Å². The van der Waals surface area contributed by atoms with Crippen molar-refractivity contribution in [2.75, 3.05) is 6.61 Å². The highest BCUT2D eigenvalue weighted by atomic mass is 16.5. The van der Waals surface area contributed by atoms with Crippen LogP contribution in [0.4, 0.5) is 0 Å². The van der Waals surface area contributed by atoms with Gasteiger partial charge in [-0.25, -0.2) is 9.59 Å². The van der Waals surface area contributed by atoms with Crippen molar-refractivity contribution in [1.82, 2.24) is 0 Å². The number of carbonyl (C=O) groups is 2. The molecule has 0 heterocycles. The Hall–Kier alpha value is -3.08. The molecule has 2 rings (SSSR count). The summed E-state index contributed by atoms with van der Waals surface area (Å²) in [5, 5.41) is 8.62. The molecule has 0 unspecified atom stereocenters. The number of hydrogen-bond donors (Lipinski definition) is 1. The molecule has 0 saturated heterocycles. The number of carboxylic acid groups (broad SMARTS) is 1. The summed E-state index contributed by atoms with van der Waals surface area (Å²) in [5.41, 5.74) is 1.14. The predicted molar refractivity (Wildman–Crippen MR) is 109 cm³/mol. The number of hydrogen-bond acceptors (Lipinski definition) is 4. The Balaban J connectivity index is 1.81. The summed E-state index contributed by atoms with van der Waals surface area (Å²) in [6.45, 7) is 2.87. The van der Waals surface area contributed by atoms with E-state index in [1.807, 2.05) is 0 Å². The number of esters is 1. The van der Waals surface area contributed by atoms with Gasteiger partial charge in [0.25, 0.3) is 0 Å². The molecule has 0 aliphatic rings. The van der Waals surface area contributed by atoms with Crippen molar-refractivity contribution >= 4 is 18.0 Å². The molecule has 0 atom stereocenters. The first-order chi connectivity index (χ1) is 13.6.